The third-order valence-electron chi connectivity index (χ3n) is 2.44. The predicted molar refractivity (Wildman–Crippen MR) is 74.4 cm³/mol. The van der Waals surface area contributed by atoms with Gasteiger partial charge in [-0.15, -0.1) is 0 Å². The number of rotatable bonds is 4. The number of para-hydroxylation sites is 2. The summed E-state index contributed by atoms with van der Waals surface area (Å²) in [5.41, 5.74) is 12.2. The lowest BCUT2D eigenvalue weighted by atomic mass is 10.3. The fourth-order valence-corrected chi connectivity index (χ4v) is 2.23. The van der Waals surface area contributed by atoms with Crippen molar-refractivity contribution in [2.24, 2.45) is 0 Å². The van der Waals surface area contributed by atoms with E-state index in [2.05, 4.69) is 10.9 Å². The quantitative estimate of drug-likeness (QED) is 0.387. The van der Waals surface area contributed by atoms with Crippen LogP contribution in [0.15, 0.2) is 53.4 Å². The van der Waals surface area contributed by atoms with E-state index in [9.17, 15) is 8.42 Å². The summed E-state index contributed by atoms with van der Waals surface area (Å²) in [6, 6.07) is 13.3. The Bertz CT molecular complexity index is 672. The first-order valence-corrected chi connectivity index (χ1v) is 6.85. The molecule has 0 unspecified atom stereocenters. The second-order valence-corrected chi connectivity index (χ2v) is 5.20. The molecule has 0 saturated carbocycles. The van der Waals surface area contributed by atoms with Crippen LogP contribution < -0.4 is 16.6 Å². The van der Waals surface area contributed by atoms with Gasteiger partial charge in [-0.3, -0.25) is 9.98 Å². The number of nitrogens with one attached hydrogen (secondary N) is 2. The fourth-order valence-electron chi connectivity index (χ4n) is 1.55. The lowest BCUT2D eigenvalue weighted by Gasteiger charge is -2.14. The Morgan fingerprint density at radius 2 is 1.63 bits per heavy atom. The Balaban J connectivity index is 2.30. The first-order chi connectivity index (χ1) is 8.98. The average Bonchev–Trinajstić information content (AvgIpc) is 2.37. The third kappa shape index (κ3) is 3.15. The van der Waals surface area contributed by atoms with Crippen LogP contribution in [0.25, 0.3) is 0 Å². The summed E-state index contributed by atoms with van der Waals surface area (Å²) in [4.78, 5) is -0.282. The highest BCUT2D eigenvalue weighted by Gasteiger charge is 2.17. The molecule has 0 amide bonds. The molecule has 5 N–H and O–H groups in total. The van der Waals surface area contributed by atoms with E-state index in [1.54, 1.807) is 12.1 Å². The van der Waals surface area contributed by atoms with Gasteiger partial charge in [-0.1, -0.05) is 24.3 Å². The molecular formula is C12H13N3O3S. The van der Waals surface area contributed by atoms with Crippen LogP contribution in [0.5, 0.6) is 0 Å². The molecule has 7 heteroatoms. The van der Waals surface area contributed by atoms with E-state index in [-0.39, 0.29) is 16.3 Å². The molecular weight excluding hydrogens is 266 g/mol. The predicted octanol–water partition coefficient (Wildman–Crippen LogP) is 1.95. The molecule has 0 bridgehead atoms. The molecule has 0 aromatic heterocycles. The fraction of sp³-hybridized carbons (Fsp3) is 0. The Morgan fingerprint density at radius 3 is 2.26 bits per heavy atom. The van der Waals surface area contributed by atoms with Gasteiger partial charge < -0.3 is 11.2 Å². The molecule has 0 fully saturated rings. The van der Waals surface area contributed by atoms with Crippen LogP contribution in [0.2, 0.25) is 0 Å². The van der Waals surface area contributed by atoms with E-state index in [1.807, 2.05) is 18.2 Å². The molecule has 0 radical (unpaired) electrons. The van der Waals surface area contributed by atoms with Crippen LogP contribution in [0, 0.1) is 0 Å². The summed E-state index contributed by atoms with van der Waals surface area (Å²) in [6.07, 6.45) is 0. The van der Waals surface area contributed by atoms with Gasteiger partial charge in [0.15, 0.2) is 0 Å². The van der Waals surface area contributed by atoms with Crippen LogP contribution in [0.4, 0.5) is 17.1 Å². The first kappa shape index (κ1) is 13.2. The number of anilines is 3. The lowest BCUT2D eigenvalue weighted by molar-refractivity contribution is 0.483. The second kappa shape index (κ2) is 5.17. The van der Waals surface area contributed by atoms with Crippen molar-refractivity contribution in [2.75, 3.05) is 16.6 Å². The molecule has 0 aliphatic rings. The van der Waals surface area contributed by atoms with Crippen molar-refractivity contribution in [2.45, 2.75) is 4.90 Å². The maximum atomic E-state index is 11.2. The SMILES string of the molecule is Nc1cccc(S(=O)(=O)O)c1NNc1ccccc1. The molecule has 0 atom stereocenters. The van der Waals surface area contributed by atoms with E-state index in [4.69, 9.17) is 10.3 Å². The van der Waals surface area contributed by atoms with E-state index in [1.165, 1.54) is 18.2 Å². The molecule has 0 spiro atoms. The zero-order valence-electron chi connectivity index (χ0n) is 9.87. The highest BCUT2D eigenvalue weighted by atomic mass is 32.2. The summed E-state index contributed by atoms with van der Waals surface area (Å²) in [5, 5.41) is 0. The van der Waals surface area contributed by atoms with E-state index in [0.717, 1.165) is 5.69 Å². The summed E-state index contributed by atoms with van der Waals surface area (Å²) in [5.74, 6) is 0. The summed E-state index contributed by atoms with van der Waals surface area (Å²) in [7, 11) is -4.34. The van der Waals surface area contributed by atoms with Crippen LogP contribution >= 0.6 is 0 Å². The Morgan fingerprint density at radius 1 is 0.947 bits per heavy atom. The lowest BCUT2D eigenvalue weighted by Crippen LogP contribution is -2.14. The Hall–Kier alpha value is -2.25. The van der Waals surface area contributed by atoms with Gasteiger partial charge in [0.2, 0.25) is 0 Å². The van der Waals surface area contributed by atoms with Gasteiger partial charge in [-0.25, -0.2) is 0 Å². The van der Waals surface area contributed by atoms with Gasteiger partial charge in [0.05, 0.1) is 17.1 Å². The van der Waals surface area contributed by atoms with Crippen molar-refractivity contribution in [3.8, 4) is 0 Å². The molecule has 19 heavy (non-hydrogen) atoms. The van der Waals surface area contributed by atoms with Gasteiger partial charge in [0.25, 0.3) is 10.1 Å². The molecule has 0 aliphatic heterocycles. The number of nitrogens with two attached hydrogens (primary N) is 1. The highest BCUT2D eigenvalue weighted by Crippen LogP contribution is 2.27. The monoisotopic (exact) mass is 279 g/mol. The molecule has 2 aromatic carbocycles. The molecule has 0 heterocycles. The minimum atomic E-state index is -4.34. The van der Waals surface area contributed by atoms with Crippen molar-refractivity contribution in [3.63, 3.8) is 0 Å². The zero-order valence-corrected chi connectivity index (χ0v) is 10.7. The largest absolute Gasteiger partial charge is 0.397 e. The minimum absolute atomic E-state index is 0.105. The number of hydrogen-bond acceptors (Lipinski definition) is 5. The number of hydrazine groups is 1. The molecule has 2 rings (SSSR count). The van der Waals surface area contributed by atoms with Gasteiger partial charge in [-0.05, 0) is 24.3 Å². The maximum Gasteiger partial charge on any atom is 0.296 e. The van der Waals surface area contributed by atoms with Crippen LogP contribution in [-0.2, 0) is 10.1 Å². The van der Waals surface area contributed by atoms with Crippen LogP contribution in [0.3, 0.4) is 0 Å². The maximum absolute atomic E-state index is 11.2. The number of hydrogen-bond donors (Lipinski definition) is 4. The van der Waals surface area contributed by atoms with Crippen molar-refractivity contribution in [1.29, 1.82) is 0 Å². The zero-order chi connectivity index (χ0) is 13.9. The third-order valence-corrected chi connectivity index (χ3v) is 3.34. The number of nitrogen functional groups attached to an aromatic ring is 1. The van der Waals surface area contributed by atoms with Gasteiger partial charge in [0, 0.05) is 0 Å². The van der Waals surface area contributed by atoms with Gasteiger partial charge >= 0.3 is 0 Å². The number of benzene rings is 2. The van der Waals surface area contributed by atoms with Crippen molar-refractivity contribution in [1.82, 2.24) is 0 Å². The molecule has 0 aliphatic carbocycles. The molecule has 6 nitrogen and oxygen atoms in total. The Kier molecular flexibility index (Phi) is 3.59. The minimum Gasteiger partial charge on any atom is -0.397 e. The van der Waals surface area contributed by atoms with E-state index in [0.29, 0.717) is 0 Å². The van der Waals surface area contributed by atoms with Crippen LogP contribution in [-0.4, -0.2) is 13.0 Å². The molecule has 100 valence electrons. The van der Waals surface area contributed by atoms with E-state index < -0.39 is 10.1 Å². The molecule has 0 saturated heterocycles. The standard InChI is InChI=1S/C12H13N3O3S/c13-10-7-4-8-11(19(16,17)18)12(10)15-14-9-5-2-1-3-6-9/h1-8,14-15H,13H2,(H,16,17,18). The topological polar surface area (TPSA) is 104 Å². The molecule has 2 aromatic rings. The summed E-state index contributed by atoms with van der Waals surface area (Å²) in [6.45, 7) is 0. The first-order valence-electron chi connectivity index (χ1n) is 5.41. The van der Waals surface area contributed by atoms with Crippen molar-refractivity contribution < 1.29 is 13.0 Å². The summed E-state index contributed by atoms with van der Waals surface area (Å²) < 4.78 is 31.6. The van der Waals surface area contributed by atoms with Crippen molar-refractivity contribution >= 4 is 27.2 Å². The van der Waals surface area contributed by atoms with Crippen LogP contribution in [0.1, 0.15) is 0 Å². The Labute approximate surface area is 111 Å². The van der Waals surface area contributed by atoms with Gasteiger partial charge in [0.1, 0.15) is 4.90 Å². The second-order valence-electron chi connectivity index (χ2n) is 3.81. The normalized spacial score (nSPS) is 11.0. The van der Waals surface area contributed by atoms with Gasteiger partial charge in [-0.2, -0.15) is 8.42 Å². The summed E-state index contributed by atoms with van der Waals surface area (Å²) >= 11 is 0. The average molecular weight is 279 g/mol. The smallest absolute Gasteiger partial charge is 0.296 e. The van der Waals surface area contributed by atoms with E-state index >= 15 is 0 Å². The highest BCUT2D eigenvalue weighted by molar-refractivity contribution is 7.86. The van der Waals surface area contributed by atoms with Crippen molar-refractivity contribution in [3.05, 3.63) is 48.5 Å².